The summed E-state index contributed by atoms with van der Waals surface area (Å²) in [5.74, 6) is 0.807. The molecule has 0 bridgehead atoms. The number of nitrogens with zero attached hydrogens (tertiary/aromatic N) is 1. The van der Waals surface area contributed by atoms with Gasteiger partial charge >= 0.3 is 0 Å². The Morgan fingerprint density at radius 3 is 2.44 bits per heavy atom. The minimum Gasteiger partial charge on any atom is -0.306 e. The van der Waals surface area contributed by atoms with Crippen molar-refractivity contribution in [3.63, 3.8) is 0 Å². The zero-order valence-electron chi connectivity index (χ0n) is 6.14. The average Bonchev–Trinajstić information content (AvgIpc) is 1.90. The summed E-state index contributed by atoms with van der Waals surface area (Å²) in [5, 5.41) is 0. The van der Waals surface area contributed by atoms with Crippen LogP contribution in [0, 0.1) is 12.8 Å². The van der Waals surface area contributed by atoms with E-state index in [1.54, 1.807) is 0 Å². The van der Waals surface area contributed by atoms with Crippen LogP contribution in [-0.2, 0) is 0 Å². The van der Waals surface area contributed by atoms with Crippen molar-refractivity contribution < 1.29 is 0 Å². The van der Waals surface area contributed by atoms with Gasteiger partial charge in [-0.15, -0.1) is 0 Å². The molecule has 1 aliphatic rings. The van der Waals surface area contributed by atoms with Crippen molar-refractivity contribution in [1.29, 1.82) is 0 Å². The van der Waals surface area contributed by atoms with E-state index in [9.17, 15) is 0 Å². The van der Waals surface area contributed by atoms with Crippen molar-refractivity contribution >= 4 is 0 Å². The van der Waals surface area contributed by atoms with Gasteiger partial charge in [0.15, 0.2) is 0 Å². The van der Waals surface area contributed by atoms with Crippen molar-refractivity contribution in [2.45, 2.75) is 19.3 Å². The fraction of sp³-hybridized carbons (Fsp3) is 0.875. The van der Waals surface area contributed by atoms with E-state index in [-0.39, 0.29) is 0 Å². The molecule has 1 saturated heterocycles. The van der Waals surface area contributed by atoms with E-state index in [0.29, 0.717) is 0 Å². The van der Waals surface area contributed by atoms with Gasteiger partial charge in [-0.1, -0.05) is 0 Å². The van der Waals surface area contributed by atoms with Gasteiger partial charge in [0.2, 0.25) is 0 Å². The Kier molecular flexibility index (Phi) is 2.52. The first kappa shape index (κ1) is 7.07. The summed E-state index contributed by atoms with van der Waals surface area (Å²) < 4.78 is 0. The first-order chi connectivity index (χ1) is 4.33. The molecule has 0 aromatic carbocycles. The van der Waals surface area contributed by atoms with Crippen molar-refractivity contribution in [2.24, 2.45) is 5.92 Å². The summed E-state index contributed by atoms with van der Waals surface area (Å²) in [6, 6.07) is 0. The molecule has 0 amide bonds. The smallest absolute Gasteiger partial charge is 0.00191 e. The van der Waals surface area contributed by atoms with Crippen LogP contribution in [0.1, 0.15) is 19.3 Å². The van der Waals surface area contributed by atoms with E-state index in [1.165, 1.54) is 25.9 Å². The summed E-state index contributed by atoms with van der Waals surface area (Å²) >= 11 is 0. The first-order valence-electron chi connectivity index (χ1n) is 3.71. The summed E-state index contributed by atoms with van der Waals surface area (Å²) in [7, 11) is 2.17. The Morgan fingerprint density at radius 1 is 1.44 bits per heavy atom. The summed E-state index contributed by atoms with van der Waals surface area (Å²) in [6.45, 7) is 8.01. The lowest BCUT2D eigenvalue weighted by molar-refractivity contribution is 0.220. The lowest BCUT2D eigenvalue weighted by atomic mass is 9.95. The standard InChI is InChI=1S/C8H15N/c1-3-8-4-6-9(2)7-5-8/h1,8H,3-7H2,2H3. The van der Waals surface area contributed by atoms with Gasteiger partial charge in [-0.05, 0) is 52.2 Å². The minimum atomic E-state index is 0.807. The Hall–Kier alpha value is -0.0400. The molecule has 0 N–H and O–H groups in total. The highest BCUT2D eigenvalue weighted by Gasteiger charge is 2.13. The molecule has 0 aromatic heterocycles. The maximum Gasteiger partial charge on any atom is -0.00191 e. The van der Waals surface area contributed by atoms with Crippen LogP contribution in [0.15, 0.2) is 0 Å². The van der Waals surface area contributed by atoms with Crippen molar-refractivity contribution in [3.05, 3.63) is 6.92 Å². The van der Waals surface area contributed by atoms with Gasteiger partial charge in [-0.25, -0.2) is 0 Å². The molecule has 0 unspecified atom stereocenters. The van der Waals surface area contributed by atoms with Crippen molar-refractivity contribution in [3.8, 4) is 0 Å². The van der Waals surface area contributed by atoms with Gasteiger partial charge in [-0.3, -0.25) is 0 Å². The van der Waals surface area contributed by atoms with Gasteiger partial charge in [0.05, 0.1) is 0 Å². The molecule has 0 atom stereocenters. The van der Waals surface area contributed by atoms with Crippen LogP contribution in [0.5, 0.6) is 0 Å². The van der Waals surface area contributed by atoms with Crippen LogP contribution in [0.2, 0.25) is 0 Å². The number of hydrogen-bond donors (Lipinski definition) is 0. The quantitative estimate of drug-likeness (QED) is 0.512. The minimum absolute atomic E-state index is 0.807. The van der Waals surface area contributed by atoms with Crippen molar-refractivity contribution in [2.75, 3.05) is 20.1 Å². The predicted octanol–water partition coefficient (Wildman–Crippen LogP) is 1.43. The van der Waals surface area contributed by atoms with Crippen LogP contribution < -0.4 is 0 Å². The molecule has 0 aromatic rings. The topological polar surface area (TPSA) is 3.24 Å². The van der Waals surface area contributed by atoms with Crippen LogP contribution in [0.25, 0.3) is 0 Å². The predicted molar refractivity (Wildman–Crippen MR) is 39.1 cm³/mol. The fourth-order valence-electron chi connectivity index (χ4n) is 1.30. The Morgan fingerprint density at radius 2 is 2.00 bits per heavy atom. The zero-order chi connectivity index (χ0) is 6.69. The lowest BCUT2D eigenvalue weighted by Crippen LogP contribution is -2.29. The van der Waals surface area contributed by atoms with Gasteiger partial charge in [-0.2, -0.15) is 0 Å². The van der Waals surface area contributed by atoms with Gasteiger partial charge in [0.1, 0.15) is 0 Å². The highest BCUT2D eigenvalue weighted by Crippen LogP contribution is 2.17. The third kappa shape index (κ3) is 1.98. The molecule has 52 valence electrons. The van der Waals surface area contributed by atoms with E-state index in [2.05, 4.69) is 11.9 Å². The van der Waals surface area contributed by atoms with Gasteiger partial charge in [0, 0.05) is 0 Å². The Labute approximate surface area is 58.0 Å². The van der Waals surface area contributed by atoms with Crippen LogP contribution >= 0.6 is 0 Å². The molecule has 1 heteroatoms. The van der Waals surface area contributed by atoms with Gasteiger partial charge in [0.25, 0.3) is 0 Å². The van der Waals surface area contributed by atoms with Crippen LogP contribution in [0.3, 0.4) is 0 Å². The second kappa shape index (κ2) is 3.21. The van der Waals surface area contributed by atoms with Crippen LogP contribution in [0.4, 0.5) is 0 Å². The third-order valence-electron chi connectivity index (χ3n) is 2.17. The lowest BCUT2D eigenvalue weighted by Gasteiger charge is -2.27. The normalized spacial score (nSPS) is 24.7. The second-order valence-electron chi connectivity index (χ2n) is 2.98. The zero-order valence-corrected chi connectivity index (χ0v) is 6.14. The molecule has 1 nitrogen and oxygen atoms in total. The van der Waals surface area contributed by atoms with E-state index in [0.717, 1.165) is 12.3 Å². The van der Waals surface area contributed by atoms with E-state index in [1.807, 2.05) is 0 Å². The maximum atomic E-state index is 5.53. The highest BCUT2D eigenvalue weighted by molar-refractivity contribution is 4.69. The molecule has 2 radical (unpaired) electrons. The molecule has 1 aliphatic heterocycles. The molecule has 0 aliphatic carbocycles. The molecular formula is C8H15N. The molecule has 0 spiro atoms. The van der Waals surface area contributed by atoms with Crippen molar-refractivity contribution in [1.82, 2.24) is 4.90 Å². The summed E-state index contributed by atoms with van der Waals surface area (Å²) in [6.07, 6.45) is 3.48. The first-order valence-corrected chi connectivity index (χ1v) is 3.71. The molecule has 0 saturated carbocycles. The summed E-state index contributed by atoms with van der Waals surface area (Å²) in [5.41, 5.74) is 0. The number of piperidine rings is 1. The molecule has 9 heavy (non-hydrogen) atoms. The van der Waals surface area contributed by atoms with E-state index in [4.69, 9.17) is 6.92 Å². The molecule has 1 fully saturated rings. The van der Waals surface area contributed by atoms with Gasteiger partial charge < -0.3 is 4.90 Å². The number of hydrogen-bond acceptors (Lipinski definition) is 1. The number of likely N-dealkylation sites (tertiary alicyclic amines) is 1. The largest absolute Gasteiger partial charge is 0.306 e. The van der Waals surface area contributed by atoms with Crippen LogP contribution in [-0.4, -0.2) is 25.0 Å². The molecule has 1 rings (SSSR count). The highest BCUT2D eigenvalue weighted by atomic mass is 15.1. The van der Waals surface area contributed by atoms with E-state index >= 15 is 0 Å². The second-order valence-corrected chi connectivity index (χ2v) is 2.98. The monoisotopic (exact) mass is 125 g/mol. The fourth-order valence-corrected chi connectivity index (χ4v) is 1.30. The molecule has 1 heterocycles. The SMILES string of the molecule is [CH]CC1CCN(C)CC1. The number of rotatable bonds is 1. The van der Waals surface area contributed by atoms with E-state index < -0.39 is 0 Å². The Balaban J connectivity index is 2.18. The molecular weight excluding hydrogens is 110 g/mol. The third-order valence-corrected chi connectivity index (χ3v) is 2.17. The Bertz CT molecular complexity index is 72.6. The average molecular weight is 125 g/mol. The maximum absolute atomic E-state index is 5.53. The summed E-state index contributed by atoms with van der Waals surface area (Å²) in [4.78, 5) is 2.37.